The average molecular weight is 352 g/mol. The van der Waals surface area contributed by atoms with Crippen LogP contribution in [0.25, 0.3) is 0 Å². The van der Waals surface area contributed by atoms with Gasteiger partial charge in [-0.2, -0.15) is 0 Å². The SMILES string of the molecule is C=C(NC(=C)/C(=C\C(C)=C/C)C(=C)/C=C\C)C1=CC(C)(C)N(C)NC1=C. The van der Waals surface area contributed by atoms with Gasteiger partial charge in [-0.3, -0.25) is 0 Å². The van der Waals surface area contributed by atoms with Gasteiger partial charge in [0.05, 0.1) is 11.2 Å². The van der Waals surface area contributed by atoms with Crippen LogP contribution in [-0.4, -0.2) is 17.6 Å². The molecule has 2 N–H and O–H groups in total. The van der Waals surface area contributed by atoms with Gasteiger partial charge in [0.2, 0.25) is 0 Å². The standard InChI is InChI=1S/C23H33N3/c1-11-13-17(4)21(14-16(3)12-2)18(5)24-19(6)22-15-23(8,9)26(10)25-20(22)7/h11-15,24-25H,4-7H2,1-3,8-10H3/b13-11-,16-12-,21-14-. The Morgan fingerprint density at radius 1 is 1.23 bits per heavy atom. The van der Waals surface area contributed by atoms with Crippen molar-refractivity contribution in [1.82, 2.24) is 15.8 Å². The van der Waals surface area contributed by atoms with Crippen LogP contribution in [0, 0.1) is 0 Å². The lowest BCUT2D eigenvalue weighted by Gasteiger charge is -2.40. The van der Waals surface area contributed by atoms with E-state index in [1.54, 1.807) is 0 Å². The Hall–Kier alpha value is -2.52. The highest BCUT2D eigenvalue weighted by Crippen LogP contribution is 2.28. The maximum absolute atomic E-state index is 4.21. The molecule has 3 heteroatoms. The number of allylic oxidation sites excluding steroid dienone is 6. The third kappa shape index (κ3) is 5.24. The molecule has 0 spiro atoms. The van der Waals surface area contributed by atoms with E-state index in [2.05, 4.69) is 76.1 Å². The zero-order valence-electron chi connectivity index (χ0n) is 17.2. The molecule has 0 saturated heterocycles. The molecule has 0 fully saturated rings. The molecule has 0 atom stereocenters. The van der Waals surface area contributed by atoms with E-state index in [9.17, 15) is 0 Å². The molecule has 1 rings (SSSR count). The van der Waals surface area contributed by atoms with Crippen LogP contribution in [0.3, 0.4) is 0 Å². The first-order chi connectivity index (χ1) is 12.0. The second kappa shape index (κ2) is 8.72. The first-order valence-electron chi connectivity index (χ1n) is 8.78. The topological polar surface area (TPSA) is 27.3 Å². The van der Waals surface area contributed by atoms with Gasteiger partial charge < -0.3 is 10.7 Å². The molecule has 0 aromatic heterocycles. The minimum atomic E-state index is -0.156. The Morgan fingerprint density at radius 3 is 2.38 bits per heavy atom. The van der Waals surface area contributed by atoms with Gasteiger partial charge in [0.25, 0.3) is 0 Å². The number of hydrazine groups is 1. The Balaban J connectivity index is 3.13. The first kappa shape index (κ1) is 21.5. The van der Waals surface area contributed by atoms with Gasteiger partial charge in [-0.1, -0.05) is 56.2 Å². The van der Waals surface area contributed by atoms with Gasteiger partial charge in [-0.25, -0.2) is 5.01 Å². The third-order valence-electron chi connectivity index (χ3n) is 4.48. The fraction of sp³-hybridized carbons (Fsp3) is 0.304. The van der Waals surface area contributed by atoms with Gasteiger partial charge >= 0.3 is 0 Å². The molecule has 140 valence electrons. The summed E-state index contributed by atoms with van der Waals surface area (Å²) in [6, 6.07) is 0. The van der Waals surface area contributed by atoms with Gasteiger partial charge in [0.15, 0.2) is 0 Å². The summed E-state index contributed by atoms with van der Waals surface area (Å²) in [7, 11) is 2.00. The van der Waals surface area contributed by atoms with Crippen molar-refractivity contribution in [3.8, 4) is 0 Å². The highest BCUT2D eigenvalue weighted by Gasteiger charge is 2.28. The monoisotopic (exact) mass is 351 g/mol. The number of nitrogens with one attached hydrogen (secondary N) is 2. The van der Waals surface area contributed by atoms with Crippen LogP contribution >= 0.6 is 0 Å². The Bertz CT molecular complexity index is 739. The molecule has 0 saturated carbocycles. The van der Waals surface area contributed by atoms with E-state index in [-0.39, 0.29) is 5.54 Å². The summed E-state index contributed by atoms with van der Waals surface area (Å²) in [4.78, 5) is 0. The molecule has 0 aromatic rings. The number of rotatable bonds is 7. The summed E-state index contributed by atoms with van der Waals surface area (Å²) in [6.45, 7) is 27.0. The van der Waals surface area contributed by atoms with Crippen LogP contribution in [-0.2, 0) is 0 Å². The lowest BCUT2D eigenvalue weighted by molar-refractivity contribution is 0.142. The minimum absolute atomic E-state index is 0.156. The second-order valence-corrected chi connectivity index (χ2v) is 7.06. The number of nitrogens with zero attached hydrogens (tertiary/aromatic N) is 1. The zero-order valence-corrected chi connectivity index (χ0v) is 17.2. The number of hydrogen-bond donors (Lipinski definition) is 2. The molecule has 1 heterocycles. The highest BCUT2D eigenvalue weighted by molar-refractivity contribution is 5.54. The first-order valence-corrected chi connectivity index (χ1v) is 8.78. The Labute approximate surface area is 159 Å². The lowest BCUT2D eigenvalue weighted by atomic mass is 9.95. The van der Waals surface area contributed by atoms with E-state index >= 15 is 0 Å². The van der Waals surface area contributed by atoms with Crippen molar-refractivity contribution in [1.29, 1.82) is 0 Å². The molecule has 0 aliphatic carbocycles. The lowest BCUT2D eigenvalue weighted by Crippen LogP contribution is -2.51. The Morgan fingerprint density at radius 2 is 1.85 bits per heavy atom. The van der Waals surface area contributed by atoms with Crippen molar-refractivity contribution in [2.24, 2.45) is 0 Å². The summed E-state index contributed by atoms with van der Waals surface area (Å²) in [5.74, 6) is 0. The average Bonchev–Trinajstić information content (AvgIpc) is 2.55. The van der Waals surface area contributed by atoms with Crippen molar-refractivity contribution >= 4 is 0 Å². The summed E-state index contributed by atoms with van der Waals surface area (Å²) >= 11 is 0. The second-order valence-electron chi connectivity index (χ2n) is 7.06. The normalized spacial score (nSPS) is 18.4. The number of likely N-dealkylation sites (N-methyl/N-ethyl adjacent to an activating group) is 1. The summed E-state index contributed by atoms with van der Waals surface area (Å²) in [5, 5.41) is 5.36. The quantitative estimate of drug-likeness (QED) is 0.610. The molecule has 0 radical (unpaired) electrons. The maximum Gasteiger partial charge on any atom is 0.0531 e. The molecular weight excluding hydrogens is 318 g/mol. The minimum Gasteiger partial charge on any atom is -0.355 e. The van der Waals surface area contributed by atoms with E-state index in [1.807, 2.05) is 38.1 Å². The zero-order chi connectivity index (χ0) is 20.1. The predicted molar refractivity (Wildman–Crippen MR) is 115 cm³/mol. The predicted octanol–water partition coefficient (Wildman–Crippen LogP) is 5.30. The largest absolute Gasteiger partial charge is 0.355 e. The van der Waals surface area contributed by atoms with Crippen LogP contribution in [0.15, 0.2) is 96.1 Å². The van der Waals surface area contributed by atoms with E-state index in [0.29, 0.717) is 0 Å². The number of hydrogen-bond acceptors (Lipinski definition) is 3. The molecule has 0 bridgehead atoms. The third-order valence-corrected chi connectivity index (χ3v) is 4.48. The van der Waals surface area contributed by atoms with E-state index < -0.39 is 0 Å². The van der Waals surface area contributed by atoms with Crippen LogP contribution in [0.1, 0.15) is 34.6 Å². The van der Waals surface area contributed by atoms with Crippen molar-refractivity contribution < 1.29 is 0 Å². The van der Waals surface area contributed by atoms with Crippen molar-refractivity contribution in [3.05, 3.63) is 96.1 Å². The van der Waals surface area contributed by atoms with Crippen LogP contribution < -0.4 is 10.7 Å². The molecule has 1 aliphatic rings. The van der Waals surface area contributed by atoms with Crippen LogP contribution in [0.5, 0.6) is 0 Å². The van der Waals surface area contributed by atoms with E-state index in [0.717, 1.165) is 39.4 Å². The highest BCUT2D eigenvalue weighted by atomic mass is 15.5. The fourth-order valence-electron chi connectivity index (χ4n) is 2.51. The smallest absolute Gasteiger partial charge is 0.0531 e. The van der Waals surface area contributed by atoms with Crippen molar-refractivity contribution in [2.75, 3.05) is 7.05 Å². The Kier molecular flexibility index (Phi) is 7.22. The van der Waals surface area contributed by atoms with E-state index in [1.165, 1.54) is 0 Å². The molecule has 0 unspecified atom stereocenters. The van der Waals surface area contributed by atoms with Crippen molar-refractivity contribution in [3.63, 3.8) is 0 Å². The van der Waals surface area contributed by atoms with Crippen LogP contribution in [0.4, 0.5) is 0 Å². The maximum atomic E-state index is 4.21. The van der Waals surface area contributed by atoms with Crippen LogP contribution in [0.2, 0.25) is 0 Å². The van der Waals surface area contributed by atoms with Gasteiger partial charge in [-0.15, -0.1) is 0 Å². The molecule has 0 aromatic carbocycles. The fourth-order valence-corrected chi connectivity index (χ4v) is 2.51. The molecule has 26 heavy (non-hydrogen) atoms. The molecule has 1 aliphatic heterocycles. The van der Waals surface area contributed by atoms with Gasteiger partial charge in [-0.05, 0) is 46.3 Å². The molecule has 0 amide bonds. The molecule has 3 nitrogen and oxygen atoms in total. The van der Waals surface area contributed by atoms with E-state index in [4.69, 9.17) is 0 Å². The van der Waals surface area contributed by atoms with Gasteiger partial charge in [0, 0.05) is 29.6 Å². The van der Waals surface area contributed by atoms with Gasteiger partial charge in [0.1, 0.15) is 0 Å². The summed E-state index contributed by atoms with van der Waals surface area (Å²) < 4.78 is 0. The molecular formula is C23H33N3. The van der Waals surface area contributed by atoms with Crippen molar-refractivity contribution in [2.45, 2.75) is 40.2 Å². The summed E-state index contributed by atoms with van der Waals surface area (Å²) in [5.41, 5.74) is 9.38. The summed E-state index contributed by atoms with van der Waals surface area (Å²) in [6.07, 6.45) is 10.2.